The highest BCUT2D eigenvalue weighted by molar-refractivity contribution is 5.87. The Morgan fingerprint density at radius 2 is 2.07 bits per heavy atom. The quantitative estimate of drug-likeness (QED) is 0.709. The highest BCUT2D eigenvalue weighted by Gasteiger charge is 2.45. The minimum atomic E-state index is -0.857. The van der Waals surface area contributed by atoms with Crippen LogP contribution in [0.4, 0.5) is 0 Å². The summed E-state index contributed by atoms with van der Waals surface area (Å²) in [5.74, 6) is -0.237. The molecule has 1 heterocycles. The van der Waals surface area contributed by atoms with E-state index in [9.17, 15) is 9.59 Å². The topological polar surface area (TPSA) is 57.6 Å². The first-order chi connectivity index (χ1) is 6.61. The Labute approximate surface area is 82.9 Å². The molecule has 3 atom stereocenters. The Balaban J connectivity index is 2.02. The lowest BCUT2D eigenvalue weighted by atomic mass is 10.2. The smallest absolute Gasteiger partial charge is 0.326 e. The molecule has 4 nitrogen and oxygen atoms in total. The zero-order valence-corrected chi connectivity index (χ0v) is 8.27. The van der Waals surface area contributed by atoms with Crippen molar-refractivity contribution in [1.82, 2.24) is 4.90 Å². The zero-order chi connectivity index (χ0) is 10.3. The van der Waals surface area contributed by atoms with Crippen LogP contribution < -0.4 is 0 Å². The molecule has 2 rings (SSSR count). The molecule has 0 spiro atoms. The number of nitrogens with zero attached hydrogens (tertiary/aromatic N) is 1. The summed E-state index contributed by atoms with van der Waals surface area (Å²) in [6, 6.07) is -0.560. The summed E-state index contributed by atoms with van der Waals surface area (Å²) in [5, 5.41) is 8.91. The van der Waals surface area contributed by atoms with Gasteiger partial charge in [0.15, 0.2) is 0 Å². The van der Waals surface area contributed by atoms with E-state index in [1.807, 2.05) is 6.92 Å². The standard InChI is InChI=1S/C10H15NO3/c1-6-5-7(6)9(12)11-4-2-3-8(11)10(13)14/h6-8H,2-5H2,1H3,(H,13,14)/t6-,7+,8+/m0/s1. The first kappa shape index (κ1) is 9.49. The van der Waals surface area contributed by atoms with Gasteiger partial charge in [0, 0.05) is 12.5 Å². The van der Waals surface area contributed by atoms with Crippen molar-refractivity contribution in [3.63, 3.8) is 0 Å². The molecule has 14 heavy (non-hydrogen) atoms. The van der Waals surface area contributed by atoms with E-state index in [1.54, 1.807) is 4.90 Å². The number of rotatable bonds is 2. The average Bonchev–Trinajstić information content (AvgIpc) is 2.69. The van der Waals surface area contributed by atoms with Crippen LogP contribution in [0.1, 0.15) is 26.2 Å². The molecule has 2 aliphatic rings. The Morgan fingerprint density at radius 3 is 2.57 bits per heavy atom. The van der Waals surface area contributed by atoms with E-state index in [0.717, 1.165) is 12.8 Å². The highest BCUT2D eigenvalue weighted by Crippen LogP contribution is 2.40. The zero-order valence-electron chi connectivity index (χ0n) is 8.27. The van der Waals surface area contributed by atoms with Gasteiger partial charge in [-0.2, -0.15) is 0 Å². The van der Waals surface area contributed by atoms with Gasteiger partial charge in [-0.1, -0.05) is 6.92 Å². The number of aliphatic carboxylic acids is 1. The molecule has 2 fully saturated rings. The summed E-state index contributed by atoms with van der Waals surface area (Å²) in [4.78, 5) is 24.2. The average molecular weight is 197 g/mol. The van der Waals surface area contributed by atoms with Crippen molar-refractivity contribution < 1.29 is 14.7 Å². The lowest BCUT2D eigenvalue weighted by molar-refractivity contribution is -0.148. The molecule has 1 aliphatic heterocycles. The SMILES string of the molecule is C[C@H]1C[C@H]1C(=O)N1CCC[C@@H]1C(=O)O. The van der Waals surface area contributed by atoms with Gasteiger partial charge in [-0.05, 0) is 25.2 Å². The number of carbonyl (C=O) groups is 2. The summed E-state index contributed by atoms with van der Waals surface area (Å²) < 4.78 is 0. The minimum absolute atomic E-state index is 0.0578. The van der Waals surface area contributed by atoms with E-state index >= 15 is 0 Å². The van der Waals surface area contributed by atoms with Crippen LogP contribution >= 0.6 is 0 Å². The predicted octanol–water partition coefficient (Wildman–Crippen LogP) is 0.718. The van der Waals surface area contributed by atoms with Crippen LogP contribution in [0.2, 0.25) is 0 Å². The van der Waals surface area contributed by atoms with Crippen LogP contribution in [-0.4, -0.2) is 34.5 Å². The van der Waals surface area contributed by atoms with Gasteiger partial charge in [0.1, 0.15) is 6.04 Å². The van der Waals surface area contributed by atoms with E-state index in [4.69, 9.17) is 5.11 Å². The summed E-state index contributed by atoms with van der Waals surface area (Å²) in [6.07, 6.45) is 2.37. The molecule has 1 N–H and O–H groups in total. The van der Waals surface area contributed by atoms with Gasteiger partial charge >= 0.3 is 5.97 Å². The highest BCUT2D eigenvalue weighted by atomic mass is 16.4. The summed E-state index contributed by atoms with van der Waals surface area (Å²) in [5.41, 5.74) is 0. The Kier molecular flexibility index (Phi) is 2.21. The Morgan fingerprint density at radius 1 is 1.43 bits per heavy atom. The van der Waals surface area contributed by atoms with Crippen LogP contribution in [0.15, 0.2) is 0 Å². The van der Waals surface area contributed by atoms with Crippen LogP contribution in [0.25, 0.3) is 0 Å². The summed E-state index contributed by atoms with van der Waals surface area (Å²) >= 11 is 0. The number of hydrogen-bond acceptors (Lipinski definition) is 2. The fraction of sp³-hybridized carbons (Fsp3) is 0.800. The van der Waals surface area contributed by atoms with E-state index in [1.165, 1.54) is 0 Å². The monoisotopic (exact) mass is 197 g/mol. The second-order valence-corrected chi connectivity index (χ2v) is 4.35. The molecule has 0 aromatic carbocycles. The number of amides is 1. The second-order valence-electron chi connectivity index (χ2n) is 4.35. The number of carboxylic acids is 1. The molecule has 1 saturated carbocycles. The molecule has 1 aliphatic carbocycles. The first-order valence-electron chi connectivity index (χ1n) is 5.14. The molecule has 78 valence electrons. The van der Waals surface area contributed by atoms with Gasteiger partial charge < -0.3 is 10.0 Å². The number of likely N-dealkylation sites (tertiary alicyclic amines) is 1. The van der Waals surface area contributed by atoms with E-state index in [0.29, 0.717) is 18.9 Å². The number of carbonyl (C=O) groups excluding carboxylic acids is 1. The van der Waals surface area contributed by atoms with E-state index in [2.05, 4.69) is 0 Å². The lowest BCUT2D eigenvalue weighted by Crippen LogP contribution is -2.41. The maximum absolute atomic E-state index is 11.8. The molecule has 0 radical (unpaired) electrons. The normalized spacial score (nSPS) is 35.8. The molecule has 4 heteroatoms. The summed E-state index contributed by atoms with van der Waals surface area (Å²) in [7, 11) is 0. The van der Waals surface area contributed by atoms with Gasteiger partial charge in [-0.25, -0.2) is 4.79 Å². The molecule has 0 aromatic rings. The van der Waals surface area contributed by atoms with E-state index < -0.39 is 12.0 Å². The molecular weight excluding hydrogens is 182 g/mol. The van der Waals surface area contributed by atoms with Crippen molar-refractivity contribution in [2.24, 2.45) is 11.8 Å². The molecule has 0 unspecified atom stereocenters. The van der Waals surface area contributed by atoms with Crippen molar-refractivity contribution >= 4 is 11.9 Å². The molecule has 0 aromatic heterocycles. The third-order valence-electron chi connectivity index (χ3n) is 3.25. The van der Waals surface area contributed by atoms with Gasteiger partial charge in [0.05, 0.1) is 0 Å². The largest absolute Gasteiger partial charge is 0.480 e. The van der Waals surface area contributed by atoms with Crippen molar-refractivity contribution in [2.75, 3.05) is 6.54 Å². The van der Waals surface area contributed by atoms with Gasteiger partial charge in [0.25, 0.3) is 0 Å². The third-order valence-corrected chi connectivity index (χ3v) is 3.25. The van der Waals surface area contributed by atoms with Gasteiger partial charge in [-0.3, -0.25) is 4.79 Å². The van der Waals surface area contributed by atoms with E-state index in [-0.39, 0.29) is 11.8 Å². The molecule has 1 amide bonds. The van der Waals surface area contributed by atoms with Crippen LogP contribution in [0.3, 0.4) is 0 Å². The number of hydrogen-bond donors (Lipinski definition) is 1. The maximum Gasteiger partial charge on any atom is 0.326 e. The van der Waals surface area contributed by atoms with Crippen molar-refractivity contribution in [2.45, 2.75) is 32.2 Å². The molecule has 1 saturated heterocycles. The maximum atomic E-state index is 11.8. The lowest BCUT2D eigenvalue weighted by Gasteiger charge is -2.21. The van der Waals surface area contributed by atoms with Crippen molar-refractivity contribution in [3.05, 3.63) is 0 Å². The minimum Gasteiger partial charge on any atom is -0.480 e. The van der Waals surface area contributed by atoms with Crippen LogP contribution in [-0.2, 0) is 9.59 Å². The molecular formula is C10H15NO3. The van der Waals surface area contributed by atoms with Gasteiger partial charge in [-0.15, -0.1) is 0 Å². The number of carboxylic acid groups (broad SMARTS) is 1. The Bertz CT molecular complexity index is 277. The van der Waals surface area contributed by atoms with Crippen molar-refractivity contribution in [3.8, 4) is 0 Å². The fourth-order valence-corrected chi connectivity index (χ4v) is 2.17. The third kappa shape index (κ3) is 1.49. The Hall–Kier alpha value is -1.06. The first-order valence-corrected chi connectivity index (χ1v) is 5.14. The van der Waals surface area contributed by atoms with Gasteiger partial charge in [0.2, 0.25) is 5.91 Å². The van der Waals surface area contributed by atoms with Crippen molar-refractivity contribution in [1.29, 1.82) is 0 Å². The van der Waals surface area contributed by atoms with Crippen LogP contribution in [0, 0.1) is 11.8 Å². The molecule has 0 bridgehead atoms. The summed E-state index contributed by atoms with van der Waals surface area (Å²) in [6.45, 7) is 2.66. The second kappa shape index (κ2) is 3.26. The van der Waals surface area contributed by atoms with Crippen LogP contribution in [0.5, 0.6) is 0 Å². The fourth-order valence-electron chi connectivity index (χ4n) is 2.17. The predicted molar refractivity (Wildman–Crippen MR) is 49.6 cm³/mol.